The van der Waals surface area contributed by atoms with Gasteiger partial charge in [0, 0.05) is 13.1 Å². The van der Waals surface area contributed by atoms with Gasteiger partial charge in [0.2, 0.25) is 10.0 Å². The minimum Gasteiger partial charge on any atom is -0.317 e. The molecule has 0 aromatic heterocycles. The molecule has 4 nitrogen and oxygen atoms in total. The van der Waals surface area contributed by atoms with Gasteiger partial charge in [-0.1, -0.05) is 0 Å². The summed E-state index contributed by atoms with van der Waals surface area (Å²) in [5.74, 6) is -1.47. The normalized spacial score (nSPS) is 27.6. The standard InChI is InChI=1S/C12H21F3N2O2S/c13-12(14,15)11-2-1-7-17(8-11)20(18,19)9-10-3-5-16-6-4-10/h10-11,16H,1-9H2. The molecule has 2 aliphatic heterocycles. The Hall–Kier alpha value is -0.340. The highest BCUT2D eigenvalue weighted by Crippen LogP contribution is 2.34. The number of alkyl halides is 3. The maximum atomic E-state index is 12.7. The van der Waals surface area contributed by atoms with E-state index in [-0.39, 0.29) is 31.1 Å². The molecule has 1 N–H and O–H groups in total. The number of rotatable bonds is 3. The molecule has 0 aliphatic carbocycles. The molecule has 0 bridgehead atoms. The second-order valence-corrected chi connectivity index (χ2v) is 7.72. The lowest BCUT2D eigenvalue weighted by atomic mass is 9.99. The zero-order valence-electron chi connectivity index (χ0n) is 11.3. The van der Waals surface area contributed by atoms with Crippen LogP contribution in [-0.2, 0) is 10.0 Å². The Labute approximate surface area is 117 Å². The van der Waals surface area contributed by atoms with E-state index in [1.54, 1.807) is 0 Å². The minimum absolute atomic E-state index is 0.0146. The molecule has 0 amide bonds. The lowest BCUT2D eigenvalue weighted by molar-refractivity contribution is -0.182. The molecule has 0 aromatic rings. The van der Waals surface area contributed by atoms with Gasteiger partial charge in [-0.15, -0.1) is 0 Å². The molecule has 1 atom stereocenters. The Morgan fingerprint density at radius 1 is 1.15 bits per heavy atom. The predicted octanol–water partition coefficient (Wildman–Crippen LogP) is 1.59. The number of nitrogens with one attached hydrogen (secondary N) is 1. The van der Waals surface area contributed by atoms with Crippen molar-refractivity contribution >= 4 is 10.0 Å². The number of sulfonamides is 1. The molecule has 0 radical (unpaired) electrons. The molecule has 2 aliphatic rings. The van der Waals surface area contributed by atoms with E-state index in [2.05, 4.69) is 5.32 Å². The first-order valence-electron chi connectivity index (χ1n) is 7.04. The molecule has 20 heavy (non-hydrogen) atoms. The number of hydrogen-bond donors (Lipinski definition) is 1. The van der Waals surface area contributed by atoms with Crippen molar-refractivity contribution in [3.05, 3.63) is 0 Å². The summed E-state index contributed by atoms with van der Waals surface area (Å²) in [5.41, 5.74) is 0. The fraction of sp³-hybridized carbons (Fsp3) is 1.00. The van der Waals surface area contributed by atoms with E-state index in [9.17, 15) is 21.6 Å². The fourth-order valence-electron chi connectivity index (χ4n) is 2.91. The summed E-state index contributed by atoms with van der Waals surface area (Å²) in [6, 6.07) is 0. The molecule has 118 valence electrons. The van der Waals surface area contributed by atoms with Crippen LogP contribution in [0.25, 0.3) is 0 Å². The second-order valence-electron chi connectivity index (χ2n) is 5.71. The van der Waals surface area contributed by atoms with Crippen LogP contribution in [0.1, 0.15) is 25.7 Å². The lowest BCUT2D eigenvalue weighted by Gasteiger charge is -2.34. The average Bonchev–Trinajstić information content (AvgIpc) is 2.38. The summed E-state index contributed by atoms with van der Waals surface area (Å²) in [4.78, 5) is 0. The van der Waals surface area contributed by atoms with Crippen LogP contribution in [0.3, 0.4) is 0 Å². The third-order valence-corrected chi connectivity index (χ3v) is 6.16. The second kappa shape index (κ2) is 6.19. The number of piperidine rings is 2. The fourth-order valence-corrected chi connectivity index (χ4v) is 4.87. The Morgan fingerprint density at radius 2 is 1.80 bits per heavy atom. The van der Waals surface area contributed by atoms with Crippen LogP contribution in [-0.4, -0.2) is 50.8 Å². The Balaban J connectivity index is 1.97. The Kier molecular flexibility index (Phi) is 4.96. The van der Waals surface area contributed by atoms with Crippen molar-refractivity contribution < 1.29 is 21.6 Å². The van der Waals surface area contributed by atoms with Crippen LogP contribution < -0.4 is 5.32 Å². The molecular formula is C12H21F3N2O2S. The van der Waals surface area contributed by atoms with Crippen LogP contribution in [0, 0.1) is 11.8 Å². The van der Waals surface area contributed by atoms with Crippen molar-refractivity contribution in [3.8, 4) is 0 Å². The van der Waals surface area contributed by atoms with Gasteiger partial charge in [0.15, 0.2) is 0 Å². The lowest BCUT2D eigenvalue weighted by Crippen LogP contribution is -2.46. The van der Waals surface area contributed by atoms with Gasteiger partial charge >= 0.3 is 6.18 Å². The summed E-state index contributed by atoms with van der Waals surface area (Å²) < 4.78 is 63.8. The first-order valence-corrected chi connectivity index (χ1v) is 8.65. The summed E-state index contributed by atoms with van der Waals surface area (Å²) in [7, 11) is -3.57. The molecule has 2 heterocycles. The van der Waals surface area contributed by atoms with E-state index in [0.29, 0.717) is 0 Å². The molecule has 2 fully saturated rings. The van der Waals surface area contributed by atoms with Gasteiger partial charge in [0.1, 0.15) is 0 Å². The highest BCUT2D eigenvalue weighted by atomic mass is 32.2. The largest absolute Gasteiger partial charge is 0.393 e. The van der Waals surface area contributed by atoms with Gasteiger partial charge in [-0.25, -0.2) is 12.7 Å². The third kappa shape index (κ3) is 4.08. The van der Waals surface area contributed by atoms with Gasteiger partial charge in [0.05, 0.1) is 11.7 Å². The zero-order chi connectivity index (χ0) is 14.8. The van der Waals surface area contributed by atoms with Crippen molar-refractivity contribution in [3.63, 3.8) is 0 Å². The molecule has 2 saturated heterocycles. The van der Waals surface area contributed by atoms with Gasteiger partial charge in [-0.3, -0.25) is 0 Å². The number of nitrogens with zero attached hydrogens (tertiary/aromatic N) is 1. The van der Waals surface area contributed by atoms with Crippen LogP contribution in [0.2, 0.25) is 0 Å². The van der Waals surface area contributed by atoms with E-state index in [4.69, 9.17) is 0 Å². The maximum Gasteiger partial charge on any atom is 0.393 e. The Bertz CT molecular complexity index is 419. The van der Waals surface area contributed by atoms with Crippen LogP contribution in [0.4, 0.5) is 13.2 Å². The van der Waals surface area contributed by atoms with E-state index < -0.39 is 28.7 Å². The highest BCUT2D eigenvalue weighted by Gasteiger charge is 2.44. The van der Waals surface area contributed by atoms with Crippen LogP contribution >= 0.6 is 0 Å². The van der Waals surface area contributed by atoms with Crippen LogP contribution in [0.15, 0.2) is 0 Å². The smallest absolute Gasteiger partial charge is 0.317 e. The van der Waals surface area contributed by atoms with Crippen molar-refractivity contribution in [1.82, 2.24) is 9.62 Å². The quantitative estimate of drug-likeness (QED) is 0.861. The van der Waals surface area contributed by atoms with Crippen molar-refractivity contribution in [2.45, 2.75) is 31.9 Å². The summed E-state index contributed by atoms with van der Waals surface area (Å²) in [5, 5.41) is 3.15. The SMILES string of the molecule is O=S(=O)(CC1CCNCC1)N1CCCC(C(F)(F)F)C1. The van der Waals surface area contributed by atoms with Gasteiger partial charge < -0.3 is 5.32 Å². The molecule has 8 heteroatoms. The number of halogens is 3. The summed E-state index contributed by atoms with van der Waals surface area (Å²) >= 11 is 0. The maximum absolute atomic E-state index is 12.7. The van der Waals surface area contributed by atoms with E-state index in [1.807, 2.05) is 0 Å². The van der Waals surface area contributed by atoms with Gasteiger partial charge in [0.25, 0.3) is 0 Å². The van der Waals surface area contributed by atoms with E-state index >= 15 is 0 Å². The predicted molar refractivity (Wildman–Crippen MR) is 69.7 cm³/mol. The molecule has 1 unspecified atom stereocenters. The van der Waals surface area contributed by atoms with E-state index in [1.165, 1.54) is 0 Å². The van der Waals surface area contributed by atoms with Crippen molar-refractivity contribution in [1.29, 1.82) is 0 Å². The van der Waals surface area contributed by atoms with Gasteiger partial charge in [-0.05, 0) is 44.7 Å². The topological polar surface area (TPSA) is 49.4 Å². The van der Waals surface area contributed by atoms with Crippen molar-refractivity contribution in [2.75, 3.05) is 31.9 Å². The molecule has 2 rings (SSSR count). The first-order chi connectivity index (χ1) is 9.29. The number of hydrogen-bond acceptors (Lipinski definition) is 3. The van der Waals surface area contributed by atoms with Crippen LogP contribution in [0.5, 0.6) is 0 Å². The summed E-state index contributed by atoms with van der Waals surface area (Å²) in [6.45, 7) is 1.38. The zero-order valence-corrected chi connectivity index (χ0v) is 12.1. The molecule has 0 aromatic carbocycles. The molecular weight excluding hydrogens is 293 g/mol. The molecule has 0 saturated carbocycles. The van der Waals surface area contributed by atoms with Crippen molar-refractivity contribution in [2.24, 2.45) is 11.8 Å². The average molecular weight is 314 g/mol. The third-order valence-electron chi connectivity index (χ3n) is 4.15. The minimum atomic E-state index is -4.30. The Morgan fingerprint density at radius 3 is 2.40 bits per heavy atom. The first kappa shape index (κ1) is 16.0. The van der Waals surface area contributed by atoms with Gasteiger partial charge in [-0.2, -0.15) is 13.2 Å². The molecule has 0 spiro atoms. The summed E-state index contributed by atoms with van der Waals surface area (Å²) in [6.07, 6.45) is -2.44. The highest BCUT2D eigenvalue weighted by molar-refractivity contribution is 7.89. The van der Waals surface area contributed by atoms with E-state index in [0.717, 1.165) is 30.2 Å². The monoisotopic (exact) mass is 314 g/mol.